The molecule has 0 saturated heterocycles. The zero-order chi connectivity index (χ0) is 25.6. The van der Waals surface area contributed by atoms with E-state index in [0.717, 1.165) is 12.1 Å². The number of nitrogens with zero attached hydrogens (tertiary/aromatic N) is 1. The summed E-state index contributed by atoms with van der Waals surface area (Å²) in [5, 5.41) is 11.7. The quantitative estimate of drug-likeness (QED) is 0.585. The van der Waals surface area contributed by atoms with Gasteiger partial charge >= 0.3 is 24.3 Å². The second kappa shape index (κ2) is 10.8. The average Bonchev–Trinajstić information content (AvgIpc) is 2.60. The van der Waals surface area contributed by atoms with Gasteiger partial charge in [-0.25, -0.2) is 14.4 Å². The number of aliphatic carboxylic acids is 1. The van der Waals surface area contributed by atoms with E-state index in [0.29, 0.717) is 5.56 Å². The Bertz CT molecular complexity index is 827. The summed E-state index contributed by atoms with van der Waals surface area (Å²) in [7, 11) is 0. The number of carbonyl (C=O) groups is 3. The molecule has 33 heavy (non-hydrogen) atoms. The molecule has 8 nitrogen and oxygen atoms in total. The van der Waals surface area contributed by atoms with E-state index in [-0.39, 0.29) is 19.5 Å². The summed E-state index contributed by atoms with van der Waals surface area (Å²) in [4.78, 5) is 37.4. The molecule has 1 aromatic carbocycles. The fourth-order valence-corrected chi connectivity index (χ4v) is 2.57. The number of amides is 2. The molecule has 2 N–H and O–H groups in total. The van der Waals surface area contributed by atoms with Crippen LogP contribution in [0.1, 0.15) is 59.1 Å². The summed E-state index contributed by atoms with van der Waals surface area (Å²) >= 11 is 0. The first-order valence-corrected chi connectivity index (χ1v) is 10.2. The topological polar surface area (TPSA) is 105 Å². The van der Waals surface area contributed by atoms with Crippen molar-refractivity contribution in [2.75, 3.05) is 6.54 Å². The first kappa shape index (κ1) is 28.1. The van der Waals surface area contributed by atoms with Crippen molar-refractivity contribution in [3.8, 4) is 0 Å². The van der Waals surface area contributed by atoms with E-state index in [2.05, 4.69) is 5.32 Å². The lowest BCUT2D eigenvalue weighted by molar-refractivity contribution is -0.140. The van der Waals surface area contributed by atoms with Gasteiger partial charge in [0.25, 0.3) is 0 Å². The van der Waals surface area contributed by atoms with Crippen LogP contribution in [-0.4, -0.2) is 52.0 Å². The highest BCUT2D eigenvalue weighted by Crippen LogP contribution is 2.29. The van der Waals surface area contributed by atoms with Crippen LogP contribution in [0, 0.1) is 0 Å². The minimum absolute atomic E-state index is 0.119. The van der Waals surface area contributed by atoms with Gasteiger partial charge in [-0.15, -0.1) is 0 Å². The van der Waals surface area contributed by atoms with E-state index in [1.807, 2.05) is 0 Å². The molecule has 0 radical (unpaired) electrons. The summed E-state index contributed by atoms with van der Waals surface area (Å²) in [6, 6.07) is 2.89. The van der Waals surface area contributed by atoms with Crippen LogP contribution in [0.5, 0.6) is 0 Å². The van der Waals surface area contributed by atoms with Crippen molar-refractivity contribution in [3.05, 3.63) is 35.4 Å². The highest BCUT2D eigenvalue weighted by molar-refractivity contribution is 5.80. The normalized spacial score (nSPS) is 13.1. The molecule has 2 amide bonds. The Labute approximate surface area is 191 Å². The highest BCUT2D eigenvalue weighted by atomic mass is 19.4. The van der Waals surface area contributed by atoms with Crippen LogP contribution in [0.3, 0.4) is 0 Å². The molecule has 0 bridgehead atoms. The Kier molecular flexibility index (Phi) is 9.15. The third-order valence-electron chi connectivity index (χ3n) is 3.98. The number of benzene rings is 1. The van der Waals surface area contributed by atoms with Crippen LogP contribution in [0.4, 0.5) is 22.8 Å². The maximum atomic E-state index is 12.8. The van der Waals surface area contributed by atoms with E-state index in [9.17, 15) is 32.7 Å². The fraction of sp³-hybridized carbons (Fsp3) is 0.591. The SMILES string of the molecule is CC(C)(C)OC(=O)NC(CCN(Cc1ccc(C(F)(F)F)cc1)C(=O)OC(C)(C)C)C(=O)O. The zero-order valence-electron chi connectivity index (χ0n) is 19.6. The van der Waals surface area contributed by atoms with Crippen molar-refractivity contribution >= 4 is 18.2 Å². The third-order valence-corrected chi connectivity index (χ3v) is 3.98. The first-order chi connectivity index (χ1) is 14.9. The van der Waals surface area contributed by atoms with Gasteiger partial charge in [-0.2, -0.15) is 13.2 Å². The number of carbonyl (C=O) groups excluding carboxylic acids is 2. The molecule has 0 saturated carbocycles. The van der Waals surface area contributed by atoms with Gasteiger partial charge in [0, 0.05) is 13.1 Å². The minimum Gasteiger partial charge on any atom is -0.480 e. The molecule has 0 spiro atoms. The lowest BCUT2D eigenvalue weighted by Gasteiger charge is -2.28. The number of alkyl halides is 3. The number of carboxylic acids is 1. The molecule has 0 heterocycles. The number of carboxylic acid groups (broad SMARTS) is 1. The van der Waals surface area contributed by atoms with Crippen LogP contribution in [0.25, 0.3) is 0 Å². The van der Waals surface area contributed by atoms with E-state index < -0.39 is 47.1 Å². The van der Waals surface area contributed by atoms with Gasteiger partial charge in [0.15, 0.2) is 0 Å². The van der Waals surface area contributed by atoms with E-state index >= 15 is 0 Å². The number of hydrogen-bond acceptors (Lipinski definition) is 5. The summed E-state index contributed by atoms with van der Waals surface area (Å²) in [6.45, 7) is 9.53. The van der Waals surface area contributed by atoms with Gasteiger partial charge in [-0.1, -0.05) is 12.1 Å². The van der Waals surface area contributed by atoms with Crippen LogP contribution >= 0.6 is 0 Å². The van der Waals surface area contributed by atoms with E-state index in [1.54, 1.807) is 41.5 Å². The summed E-state index contributed by atoms with van der Waals surface area (Å²) < 4.78 is 48.8. The molecule has 1 atom stereocenters. The average molecular weight is 476 g/mol. The van der Waals surface area contributed by atoms with Gasteiger partial charge in [-0.05, 0) is 65.7 Å². The number of halogens is 3. The molecule has 0 fully saturated rings. The molecule has 11 heteroatoms. The van der Waals surface area contributed by atoms with Gasteiger partial charge in [0.05, 0.1) is 5.56 Å². The lowest BCUT2D eigenvalue weighted by Crippen LogP contribution is -2.46. The highest BCUT2D eigenvalue weighted by Gasteiger charge is 2.31. The van der Waals surface area contributed by atoms with Gasteiger partial charge < -0.3 is 24.8 Å². The molecule has 0 aliphatic heterocycles. The smallest absolute Gasteiger partial charge is 0.416 e. The number of rotatable bonds is 7. The Morgan fingerprint density at radius 2 is 1.48 bits per heavy atom. The van der Waals surface area contributed by atoms with Gasteiger partial charge in [0.2, 0.25) is 0 Å². The van der Waals surface area contributed by atoms with Crippen molar-refractivity contribution in [1.29, 1.82) is 0 Å². The number of alkyl carbamates (subject to hydrolysis) is 1. The lowest BCUT2D eigenvalue weighted by atomic mass is 10.1. The number of hydrogen-bond donors (Lipinski definition) is 2. The maximum Gasteiger partial charge on any atom is 0.416 e. The molecule has 1 aromatic rings. The van der Waals surface area contributed by atoms with E-state index in [4.69, 9.17) is 9.47 Å². The van der Waals surface area contributed by atoms with Crippen molar-refractivity contribution in [1.82, 2.24) is 10.2 Å². The molecule has 1 rings (SSSR count). The number of nitrogens with one attached hydrogen (secondary N) is 1. The summed E-state index contributed by atoms with van der Waals surface area (Å²) in [5.41, 5.74) is -2.13. The zero-order valence-corrected chi connectivity index (χ0v) is 19.6. The minimum atomic E-state index is -4.49. The monoisotopic (exact) mass is 476 g/mol. The predicted molar refractivity (Wildman–Crippen MR) is 113 cm³/mol. The molecule has 1 unspecified atom stereocenters. The molecule has 0 aliphatic rings. The van der Waals surface area contributed by atoms with Crippen molar-refractivity contribution in [3.63, 3.8) is 0 Å². The van der Waals surface area contributed by atoms with E-state index in [1.165, 1.54) is 17.0 Å². The Hall–Kier alpha value is -2.98. The first-order valence-electron chi connectivity index (χ1n) is 10.2. The van der Waals surface area contributed by atoms with Crippen molar-refractivity contribution < 1.29 is 42.1 Å². The van der Waals surface area contributed by atoms with Crippen molar-refractivity contribution in [2.24, 2.45) is 0 Å². The largest absolute Gasteiger partial charge is 0.480 e. The Morgan fingerprint density at radius 3 is 1.91 bits per heavy atom. The summed E-state index contributed by atoms with van der Waals surface area (Å²) in [5.74, 6) is -1.33. The fourth-order valence-electron chi connectivity index (χ4n) is 2.57. The molecule has 186 valence electrons. The standard InChI is InChI=1S/C22H31F3N2O6/c1-20(2,3)32-18(30)26-16(17(28)29)11-12-27(19(31)33-21(4,5)6)13-14-7-9-15(10-8-14)22(23,24)25/h7-10,16H,11-13H2,1-6H3,(H,26,30)(H,28,29). The molecule has 0 aromatic heterocycles. The second-order valence-corrected chi connectivity index (χ2v) is 9.42. The second-order valence-electron chi connectivity index (χ2n) is 9.42. The van der Waals surface area contributed by atoms with Gasteiger partial charge in [-0.3, -0.25) is 0 Å². The van der Waals surface area contributed by atoms with Crippen LogP contribution in [0.2, 0.25) is 0 Å². The number of ether oxygens (including phenoxy) is 2. The molecular weight excluding hydrogens is 445 g/mol. The van der Waals surface area contributed by atoms with Crippen LogP contribution < -0.4 is 5.32 Å². The molecular formula is C22H31F3N2O6. The summed E-state index contributed by atoms with van der Waals surface area (Å²) in [6.07, 6.45) is -6.38. The van der Waals surface area contributed by atoms with Crippen molar-refractivity contribution in [2.45, 2.75) is 77.9 Å². The van der Waals surface area contributed by atoms with Crippen LogP contribution in [-0.2, 0) is 27.0 Å². The Morgan fingerprint density at radius 1 is 0.970 bits per heavy atom. The van der Waals surface area contributed by atoms with Crippen LogP contribution in [0.15, 0.2) is 24.3 Å². The third kappa shape index (κ3) is 10.9. The predicted octanol–water partition coefficient (Wildman–Crippen LogP) is 4.81. The molecule has 0 aliphatic carbocycles. The Balaban J connectivity index is 2.98. The van der Waals surface area contributed by atoms with Gasteiger partial charge in [0.1, 0.15) is 17.2 Å². The maximum absolute atomic E-state index is 12.8.